The molecule has 0 N–H and O–H groups in total. The molecule has 2 nitrogen and oxygen atoms in total. The molecule has 0 fully saturated rings. The van der Waals surface area contributed by atoms with Gasteiger partial charge in [0.1, 0.15) is 5.82 Å². The van der Waals surface area contributed by atoms with E-state index in [0.29, 0.717) is 0 Å². The Morgan fingerprint density at radius 3 is 2.44 bits per heavy atom. The fourth-order valence-electron chi connectivity index (χ4n) is 2.20. The van der Waals surface area contributed by atoms with Crippen LogP contribution in [0.25, 0.3) is 16.7 Å². The van der Waals surface area contributed by atoms with E-state index < -0.39 is 0 Å². The average Bonchev–Trinajstić information content (AvgIpc) is 2.75. The van der Waals surface area contributed by atoms with E-state index in [-0.39, 0.29) is 0 Å². The zero-order chi connectivity index (χ0) is 12.5. The highest BCUT2D eigenvalue weighted by Crippen LogP contribution is 2.23. The summed E-state index contributed by atoms with van der Waals surface area (Å²) in [5.41, 5.74) is 3.37. The van der Waals surface area contributed by atoms with Gasteiger partial charge in [0, 0.05) is 10.6 Å². The molecule has 0 unspecified atom stereocenters. The Morgan fingerprint density at radius 1 is 1.00 bits per heavy atom. The molecule has 0 bridgehead atoms. The minimum Gasteiger partial charge on any atom is -0.297 e. The van der Waals surface area contributed by atoms with Crippen LogP contribution in [-0.2, 0) is 0 Å². The molecule has 18 heavy (non-hydrogen) atoms. The van der Waals surface area contributed by atoms with Crippen molar-refractivity contribution in [2.24, 2.45) is 0 Å². The summed E-state index contributed by atoms with van der Waals surface area (Å²) in [4.78, 5) is 5.87. The van der Waals surface area contributed by atoms with Gasteiger partial charge in [-0.05, 0) is 49.6 Å². The Morgan fingerprint density at radius 2 is 1.72 bits per heavy atom. The second-order valence-corrected chi connectivity index (χ2v) is 5.06. The van der Waals surface area contributed by atoms with Gasteiger partial charge in [-0.3, -0.25) is 4.57 Å². The Hall–Kier alpha value is -1.74. The first-order valence-electron chi connectivity index (χ1n) is 5.88. The minimum atomic E-state index is 1.02. The van der Waals surface area contributed by atoms with E-state index in [0.717, 1.165) is 16.9 Å². The molecule has 0 saturated carbocycles. The highest BCUT2D eigenvalue weighted by Gasteiger charge is 2.08. The topological polar surface area (TPSA) is 17.8 Å². The van der Waals surface area contributed by atoms with Gasteiger partial charge in [-0.1, -0.05) is 12.1 Å². The van der Waals surface area contributed by atoms with Crippen LogP contribution in [0.4, 0.5) is 0 Å². The predicted molar refractivity (Wildman–Crippen MR) is 77.6 cm³/mol. The number of rotatable bonds is 2. The quantitative estimate of drug-likeness (QED) is 0.642. The number of aryl methyl sites for hydroxylation is 1. The smallest absolute Gasteiger partial charge is 0.111 e. The maximum absolute atomic E-state index is 4.59. The summed E-state index contributed by atoms with van der Waals surface area (Å²) >= 11 is 1.76. The summed E-state index contributed by atoms with van der Waals surface area (Å²) < 4.78 is 2.19. The molecule has 3 aromatic rings. The van der Waals surface area contributed by atoms with Gasteiger partial charge in [-0.2, -0.15) is 0 Å². The van der Waals surface area contributed by atoms with E-state index in [4.69, 9.17) is 0 Å². The van der Waals surface area contributed by atoms with Crippen molar-refractivity contribution >= 4 is 22.8 Å². The normalized spacial score (nSPS) is 11.0. The molecule has 0 saturated heterocycles. The third-order valence-electron chi connectivity index (χ3n) is 3.06. The van der Waals surface area contributed by atoms with Crippen LogP contribution in [0.3, 0.4) is 0 Å². The first-order valence-corrected chi connectivity index (χ1v) is 7.10. The fraction of sp³-hybridized carbons (Fsp3) is 0.133. The lowest BCUT2D eigenvalue weighted by Crippen LogP contribution is -1.96. The van der Waals surface area contributed by atoms with E-state index in [9.17, 15) is 0 Å². The second-order valence-electron chi connectivity index (χ2n) is 4.18. The van der Waals surface area contributed by atoms with Gasteiger partial charge in [0.2, 0.25) is 0 Å². The van der Waals surface area contributed by atoms with Crippen LogP contribution in [-0.4, -0.2) is 15.8 Å². The van der Waals surface area contributed by atoms with Gasteiger partial charge in [0.25, 0.3) is 0 Å². The summed E-state index contributed by atoms with van der Waals surface area (Å²) in [7, 11) is 0. The van der Waals surface area contributed by atoms with Crippen LogP contribution in [0.15, 0.2) is 53.4 Å². The molecule has 2 aromatic carbocycles. The van der Waals surface area contributed by atoms with Crippen molar-refractivity contribution in [3.05, 3.63) is 54.4 Å². The molecule has 0 amide bonds. The lowest BCUT2D eigenvalue weighted by Gasteiger charge is -2.07. The van der Waals surface area contributed by atoms with E-state index in [1.807, 2.05) is 13.0 Å². The summed E-state index contributed by atoms with van der Waals surface area (Å²) in [5.74, 6) is 1.02. The highest BCUT2D eigenvalue weighted by atomic mass is 32.2. The molecule has 0 aliphatic heterocycles. The molecule has 0 aliphatic carbocycles. The van der Waals surface area contributed by atoms with Crippen LogP contribution >= 0.6 is 11.8 Å². The maximum Gasteiger partial charge on any atom is 0.111 e. The van der Waals surface area contributed by atoms with Crippen molar-refractivity contribution in [1.29, 1.82) is 0 Å². The molecule has 1 aromatic heterocycles. The number of nitrogens with zero attached hydrogens (tertiary/aromatic N) is 2. The Kier molecular flexibility index (Phi) is 2.84. The number of imidazole rings is 1. The first-order chi connectivity index (χ1) is 8.79. The Balaban J connectivity index is 2.20. The molecule has 3 rings (SSSR count). The molecular weight excluding hydrogens is 240 g/mol. The third-order valence-corrected chi connectivity index (χ3v) is 3.80. The molecular formula is C15H14N2S. The monoisotopic (exact) mass is 254 g/mol. The van der Waals surface area contributed by atoms with Crippen molar-refractivity contribution in [1.82, 2.24) is 9.55 Å². The SMILES string of the molecule is CSc1ccc(-n2c(C)nc3ccccc32)cc1. The average molecular weight is 254 g/mol. The van der Waals surface area contributed by atoms with Gasteiger partial charge in [-0.15, -0.1) is 11.8 Å². The van der Waals surface area contributed by atoms with Crippen LogP contribution in [0, 0.1) is 6.92 Å². The zero-order valence-electron chi connectivity index (χ0n) is 10.4. The van der Waals surface area contributed by atoms with Crippen molar-refractivity contribution in [2.75, 3.05) is 6.26 Å². The number of benzene rings is 2. The summed E-state index contributed by atoms with van der Waals surface area (Å²) in [5, 5.41) is 0. The van der Waals surface area contributed by atoms with Crippen molar-refractivity contribution < 1.29 is 0 Å². The lowest BCUT2D eigenvalue weighted by molar-refractivity contribution is 0.999. The summed E-state index contributed by atoms with van der Waals surface area (Å²) in [6, 6.07) is 16.8. The fourth-order valence-corrected chi connectivity index (χ4v) is 2.61. The maximum atomic E-state index is 4.59. The second kappa shape index (κ2) is 4.50. The van der Waals surface area contributed by atoms with Crippen molar-refractivity contribution in [2.45, 2.75) is 11.8 Å². The zero-order valence-corrected chi connectivity index (χ0v) is 11.2. The molecule has 0 radical (unpaired) electrons. The highest BCUT2D eigenvalue weighted by molar-refractivity contribution is 7.98. The molecule has 90 valence electrons. The van der Waals surface area contributed by atoms with Gasteiger partial charge < -0.3 is 0 Å². The Bertz CT molecular complexity index is 683. The van der Waals surface area contributed by atoms with Crippen LogP contribution in [0.2, 0.25) is 0 Å². The predicted octanol–water partition coefficient (Wildman–Crippen LogP) is 4.06. The van der Waals surface area contributed by atoms with Gasteiger partial charge in [0.05, 0.1) is 11.0 Å². The minimum absolute atomic E-state index is 1.02. The van der Waals surface area contributed by atoms with E-state index in [1.54, 1.807) is 11.8 Å². The van der Waals surface area contributed by atoms with Crippen LogP contribution in [0.5, 0.6) is 0 Å². The van der Waals surface area contributed by atoms with Crippen LogP contribution < -0.4 is 0 Å². The summed E-state index contributed by atoms with van der Waals surface area (Å²) in [6.07, 6.45) is 2.09. The molecule has 0 atom stereocenters. The van der Waals surface area contributed by atoms with Gasteiger partial charge >= 0.3 is 0 Å². The Labute approximate surface area is 111 Å². The number of aromatic nitrogens is 2. The largest absolute Gasteiger partial charge is 0.297 e. The number of thioether (sulfide) groups is 1. The first kappa shape index (κ1) is 11.4. The van der Waals surface area contributed by atoms with Crippen LogP contribution in [0.1, 0.15) is 5.82 Å². The van der Waals surface area contributed by atoms with E-state index in [2.05, 4.69) is 58.3 Å². The molecule has 1 heterocycles. The molecule has 0 spiro atoms. The lowest BCUT2D eigenvalue weighted by atomic mass is 10.3. The van der Waals surface area contributed by atoms with Gasteiger partial charge in [-0.25, -0.2) is 4.98 Å². The van der Waals surface area contributed by atoms with E-state index >= 15 is 0 Å². The molecule has 3 heteroatoms. The molecule has 0 aliphatic rings. The third kappa shape index (κ3) is 1.81. The van der Waals surface area contributed by atoms with E-state index in [1.165, 1.54) is 10.6 Å². The number of fused-ring (bicyclic) bond motifs is 1. The van der Waals surface area contributed by atoms with Crippen molar-refractivity contribution in [3.63, 3.8) is 0 Å². The van der Waals surface area contributed by atoms with Crippen molar-refractivity contribution in [3.8, 4) is 5.69 Å². The number of hydrogen-bond acceptors (Lipinski definition) is 2. The number of para-hydroxylation sites is 2. The summed E-state index contributed by atoms with van der Waals surface area (Å²) in [6.45, 7) is 2.04. The standard InChI is InChI=1S/C15H14N2S/c1-11-16-14-5-3-4-6-15(14)17(11)12-7-9-13(18-2)10-8-12/h3-10H,1-2H3. The number of hydrogen-bond donors (Lipinski definition) is 0. The van der Waals surface area contributed by atoms with Gasteiger partial charge in [0.15, 0.2) is 0 Å².